The average molecular weight is 448 g/mol. The maximum Gasteiger partial charge on any atom is 0.242 e. The molecule has 27 heavy (non-hydrogen) atoms. The molecule has 0 aliphatic carbocycles. The van der Waals surface area contributed by atoms with Gasteiger partial charge >= 0.3 is 0 Å². The molecule has 0 amide bonds. The van der Waals surface area contributed by atoms with Crippen LogP contribution in [0.25, 0.3) is 0 Å². The van der Waals surface area contributed by atoms with Crippen molar-refractivity contribution in [3.63, 3.8) is 0 Å². The van der Waals surface area contributed by atoms with Gasteiger partial charge in [-0.15, -0.1) is 0 Å². The van der Waals surface area contributed by atoms with Crippen LogP contribution < -0.4 is 0 Å². The van der Waals surface area contributed by atoms with Crippen molar-refractivity contribution >= 4 is 26.0 Å². The molecule has 0 bridgehead atoms. The smallest absolute Gasteiger partial charge is 0.207 e. The van der Waals surface area contributed by atoms with E-state index in [2.05, 4.69) is 15.9 Å². The first kappa shape index (κ1) is 19.7. The highest BCUT2D eigenvalue weighted by Gasteiger charge is 2.25. The summed E-state index contributed by atoms with van der Waals surface area (Å²) in [5.74, 6) is -0.541. The molecule has 6 heteroatoms. The van der Waals surface area contributed by atoms with E-state index in [1.807, 2.05) is 24.3 Å². The SMILES string of the molecule is CN(C[C@@H](c1ccc(F)cc1)c1ccc(Br)cc1)S(=O)(=O)c1ccccc1. The largest absolute Gasteiger partial charge is 0.242 e. The molecule has 3 rings (SSSR count). The molecule has 3 aromatic rings. The molecule has 1 atom stereocenters. The Hall–Kier alpha value is -2.02. The third kappa shape index (κ3) is 4.64. The van der Waals surface area contributed by atoms with Gasteiger partial charge in [-0.3, -0.25) is 0 Å². The van der Waals surface area contributed by atoms with Gasteiger partial charge in [-0.1, -0.05) is 58.4 Å². The zero-order chi connectivity index (χ0) is 19.4. The van der Waals surface area contributed by atoms with Gasteiger partial charge in [0.25, 0.3) is 0 Å². The standard InChI is InChI=1S/C21H19BrFNO2S/c1-24(27(25,26)20-5-3-2-4-6-20)15-21(16-7-11-18(22)12-8-16)17-9-13-19(23)14-10-17/h2-14,21H,15H2,1H3/t21-/m1/s1. The lowest BCUT2D eigenvalue weighted by molar-refractivity contribution is 0.454. The number of sulfonamides is 1. The van der Waals surface area contributed by atoms with Crippen molar-refractivity contribution in [2.45, 2.75) is 10.8 Å². The molecule has 0 N–H and O–H groups in total. The van der Waals surface area contributed by atoms with Crippen LogP contribution in [-0.2, 0) is 10.0 Å². The topological polar surface area (TPSA) is 37.4 Å². The zero-order valence-electron chi connectivity index (χ0n) is 14.7. The summed E-state index contributed by atoms with van der Waals surface area (Å²) in [5.41, 5.74) is 1.81. The molecule has 0 radical (unpaired) electrons. The van der Waals surface area contributed by atoms with Gasteiger partial charge in [0, 0.05) is 24.0 Å². The summed E-state index contributed by atoms with van der Waals surface area (Å²) in [6.45, 7) is 0.241. The number of rotatable bonds is 6. The molecule has 0 fully saturated rings. The van der Waals surface area contributed by atoms with Crippen molar-refractivity contribution in [2.75, 3.05) is 13.6 Å². The van der Waals surface area contributed by atoms with Gasteiger partial charge in [0.2, 0.25) is 10.0 Å². The van der Waals surface area contributed by atoms with Crippen LogP contribution >= 0.6 is 15.9 Å². The molecule has 0 heterocycles. The molecule has 0 aliphatic heterocycles. The van der Waals surface area contributed by atoms with E-state index in [4.69, 9.17) is 0 Å². The summed E-state index contributed by atoms with van der Waals surface area (Å²) < 4.78 is 41.4. The molecular formula is C21H19BrFNO2S. The maximum atomic E-state index is 13.4. The number of halogens is 2. The number of hydrogen-bond acceptors (Lipinski definition) is 2. The first-order chi connectivity index (χ1) is 12.9. The summed E-state index contributed by atoms with van der Waals surface area (Å²) >= 11 is 3.42. The predicted octanol–water partition coefficient (Wildman–Crippen LogP) is 5.04. The Morgan fingerprint density at radius 2 is 1.41 bits per heavy atom. The van der Waals surface area contributed by atoms with Crippen LogP contribution in [0.1, 0.15) is 17.0 Å². The molecule has 3 aromatic carbocycles. The lowest BCUT2D eigenvalue weighted by Crippen LogP contribution is -2.31. The van der Waals surface area contributed by atoms with Crippen molar-refractivity contribution in [3.05, 3.63) is 100 Å². The molecular weight excluding hydrogens is 429 g/mol. The van der Waals surface area contributed by atoms with Crippen LogP contribution in [0.3, 0.4) is 0 Å². The lowest BCUT2D eigenvalue weighted by Gasteiger charge is -2.25. The van der Waals surface area contributed by atoms with E-state index in [1.54, 1.807) is 49.5 Å². The van der Waals surface area contributed by atoms with Crippen molar-refractivity contribution in [3.8, 4) is 0 Å². The molecule has 140 valence electrons. The second-order valence-electron chi connectivity index (χ2n) is 6.25. The van der Waals surface area contributed by atoms with E-state index in [-0.39, 0.29) is 23.2 Å². The zero-order valence-corrected chi connectivity index (χ0v) is 17.1. The summed E-state index contributed by atoms with van der Waals surface area (Å²) in [5, 5.41) is 0. The van der Waals surface area contributed by atoms with E-state index < -0.39 is 10.0 Å². The fourth-order valence-electron chi connectivity index (χ4n) is 2.92. The van der Waals surface area contributed by atoms with E-state index in [1.165, 1.54) is 16.4 Å². The minimum absolute atomic E-state index is 0.220. The van der Waals surface area contributed by atoms with E-state index >= 15 is 0 Å². The quantitative estimate of drug-likeness (QED) is 0.530. The Morgan fingerprint density at radius 1 is 0.889 bits per heavy atom. The number of hydrogen-bond donors (Lipinski definition) is 0. The van der Waals surface area contributed by atoms with Crippen LogP contribution in [0.15, 0.2) is 88.2 Å². The van der Waals surface area contributed by atoms with Crippen molar-refractivity contribution in [2.24, 2.45) is 0 Å². The Labute approximate surface area is 167 Å². The third-order valence-electron chi connectivity index (χ3n) is 4.44. The third-order valence-corrected chi connectivity index (χ3v) is 6.80. The summed E-state index contributed by atoms with van der Waals surface area (Å²) in [7, 11) is -2.05. The summed E-state index contributed by atoms with van der Waals surface area (Å²) in [6, 6.07) is 22.3. The monoisotopic (exact) mass is 447 g/mol. The van der Waals surface area contributed by atoms with Crippen molar-refractivity contribution < 1.29 is 12.8 Å². The molecule has 0 aliphatic rings. The van der Waals surface area contributed by atoms with Gasteiger partial charge in [-0.25, -0.2) is 12.8 Å². The summed E-state index contributed by atoms with van der Waals surface area (Å²) in [4.78, 5) is 0.251. The van der Waals surface area contributed by atoms with Gasteiger partial charge in [-0.05, 0) is 47.5 Å². The molecule has 0 unspecified atom stereocenters. The van der Waals surface area contributed by atoms with Crippen LogP contribution in [-0.4, -0.2) is 26.3 Å². The van der Waals surface area contributed by atoms with Gasteiger partial charge in [-0.2, -0.15) is 4.31 Å². The lowest BCUT2D eigenvalue weighted by atomic mass is 9.91. The number of likely N-dealkylation sites (N-methyl/N-ethyl adjacent to an activating group) is 1. The second kappa shape index (κ2) is 8.33. The Bertz CT molecular complexity index is 945. The van der Waals surface area contributed by atoms with Gasteiger partial charge in [0.1, 0.15) is 5.82 Å². The number of benzene rings is 3. The first-order valence-electron chi connectivity index (χ1n) is 8.40. The Balaban J connectivity index is 1.96. The predicted molar refractivity (Wildman–Crippen MR) is 109 cm³/mol. The van der Waals surface area contributed by atoms with Crippen LogP contribution in [0, 0.1) is 5.82 Å². The Kier molecular flexibility index (Phi) is 6.09. The fraction of sp³-hybridized carbons (Fsp3) is 0.143. The van der Waals surface area contributed by atoms with E-state index in [9.17, 15) is 12.8 Å². The molecule has 3 nitrogen and oxygen atoms in total. The van der Waals surface area contributed by atoms with E-state index in [0.29, 0.717) is 0 Å². The maximum absolute atomic E-state index is 13.4. The first-order valence-corrected chi connectivity index (χ1v) is 10.6. The second-order valence-corrected chi connectivity index (χ2v) is 9.21. The number of nitrogens with zero attached hydrogens (tertiary/aromatic N) is 1. The highest BCUT2D eigenvalue weighted by atomic mass is 79.9. The summed E-state index contributed by atoms with van der Waals surface area (Å²) in [6.07, 6.45) is 0. The average Bonchev–Trinajstić information content (AvgIpc) is 2.68. The minimum atomic E-state index is -3.62. The fourth-order valence-corrected chi connectivity index (χ4v) is 4.39. The van der Waals surface area contributed by atoms with Crippen LogP contribution in [0.4, 0.5) is 4.39 Å². The van der Waals surface area contributed by atoms with Gasteiger partial charge in [0.15, 0.2) is 0 Å². The van der Waals surface area contributed by atoms with Gasteiger partial charge < -0.3 is 0 Å². The minimum Gasteiger partial charge on any atom is -0.207 e. The van der Waals surface area contributed by atoms with Crippen molar-refractivity contribution in [1.29, 1.82) is 0 Å². The van der Waals surface area contributed by atoms with Crippen molar-refractivity contribution in [1.82, 2.24) is 4.31 Å². The highest BCUT2D eigenvalue weighted by Crippen LogP contribution is 2.28. The van der Waals surface area contributed by atoms with E-state index in [0.717, 1.165) is 15.6 Å². The molecule has 0 saturated carbocycles. The van der Waals surface area contributed by atoms with Gasteiger partial charge in [0.05, 0.1) is 4.90 Å². The normalized spacial score (nSPS) is 12.9. The molecule has 0 saturated heterocycles. The molecule has 0 spiro atoms. The Morgan fingerprint density at radius 3 is 1.96 bits per heavy atom. The molecule has 0 aromatic heterocycles. The van der Waals surface area contributed by atoms with Crippen LogP contribution in [0.5, 0.6) is 0 Å². The van der Waals surface area contributed by atoms with Crippen LogP contribution in [0.2, 0.25) is 0 Å². The highest BCUT2D eigenvalue weighted by molar-refractivity contribution is 9.10.